The fourth-order valence-electron chi connectivity index (χ4n) is 3.25. The van der Waals surface area contributed by atoms with Crippen molar-refractivity contribution in [3.63, 3.8) is 0 Å². The van der Waals surface area contributed by atoms with Crippen LogP contribution in [0.2, 0.25) is 0 Å². The lowest BCUT2D eigenvalue weighted by Gasteiger charge is -2.26. The average molecular weight is 397 g/mol. The number of esters is 1. The van der Waals surface area contributed by atoms with Crippen molar-refractivity contribution in [1.29, 1.82) is 0 Å². The van der Waals surface area contributed by atoms with E-state index in [9.17, 15) is 18.0 Å². The minimum absolute atomic E-state index is 0.0421. The summed E-state index contributed by atoms with van der Waals surface area (Å²) in [5.41, 5.74) is 0. The molecule has 1 fully saturated rings. The Bertz CT molecular complexity index is 941. The highest BCUT2D eigenvalue weighted by Crippen LogP contribution is 2.36. The lowest BCUT2D eigenvalue weighted by atomic mass is 9.87. The average Bonchev–Trinajstić information content (AvgIpc) is 3.01. The normalized spacial score (nSPS) is 20.8. The van der Waals surface area contributed by atoms with Gasteiger partial charge in [0.1, 0.15) is 9.77 Å². The maximum atomic E-state index is 13.0. The molecule has 9 heteroatoms. The second-order valence-electron chi connectivity index (χ2n) is 6.26. The van der Waals surface area contributed by atoms with Gasteiger partial charge in [-0.3, -0.25) is 4.79 Å². The van der Waals surface area contributed by atoms with Gasteiger partial charge in [-0.2, -0.15) is 0 Å². The molecule has 7 nitrogen and oxygen atoms in total. The second kappa shape index (κ2) is 7.34. The number of hydrogen-bond acceptors (Lipinski definition) is 6. The molecule has 1 aromatic heterocycles. The van der Waals surface area contributed by atoms with Crippen molar-refractivity contribution in [3.05, 3.63) is 29.1 Å². The Balaban J connectivity index is 1.92. The molecule has 140 valence electrons. The van der Waals surface area contributed by atoms with Gasteiger partial charge in [-0.1, -0.05) is 18.2 Å². The highest BCUT2D eigenvalue weighted by atomic mass is 32.2. The van der Waals surface area contributed by atoms with Gasteiger partial charge < -0.3 is 9.84 Å². The lowest BCUT2D eigenvalue weighted by Crippen LogP contribution is -2.39. The second-order valence-corrected chi connectivity index (χ2v) is 8.96. The summed E-state index contributed by atoms with van der Waals surface area (Å²) in [6.45, 7) is 0. The van der Waals surface area contributed by atoms with Crippen molar-refractivity contribution in [3.8, 4) is 0 Å². The molecule has 2 N–H and O–H groups in total. The molecule has 0 saturated heterocycles. The molecule has 26 heavy (non-hydrogen) atoms. The van der Waals surface area contributed by atoms with Gasteiger partial charge in [0.15, 0.2) is 0 Å². The number of sulfonamides is 1. The first-order valence-corrected chi connectivity index (χ1v) is 10.5. The summed E-state index contributed by atoms with van der Waals surface area (Å²) in [4.78, 5) is 23.1. The molecule has 1 heterocycles. The van der Waals surface area contributed by atoms with Crippen LogP contribution in [0.4, 0.5) is 0 Å². The third kappa shape index (κ3) is 3.60. The summed E-state index contributed by atoms with van der Waals surface area (Å²) in [5, 5.41) is 9.54. The summed E-state index contributed by atoms with van der Waals surface area (Å²) >= 11 is 1.08. The van der Waals surface area contributed by atoms with Crippen LogP contribution in [0.15, 0.2) is 29.2 Å². The molecule has 1 aromatic carbocycles. The Labute approximate surface area is 155 Å². The van der Waals surface area contributed by atoms with Crippen LogP contribution in [0.3, 0.4) is 0 Å². The Morgan fingerprint density at radius 3 is 2.46 bits per heavy atom. The third-order valence-corrected chi connectivity index (χ3v) is 7.47. The molecule has 0 atom stereocenters. The van der Waals surface area contributed by atoms with Gasteiger partial charge in [0.05, 0.1) is 13.0 Å². The summed E-state index contributed by atoms with van der Waals surface area (Å²) in [6.07, 6.45) is 1.76. The van der Waals surface area contributed by atoms with Gasteiger partial charge in [0.25, 0.3) is 0 Å². The number of benzene rings is 1. The standard InChI is InChI=1S/C17H19NO6S2/c1-24-17(21)14-15(12-4-2-3-5-13(12)25-14)26(22,23)18-11-8-6-10(7-9-11)16(19)20/h2-5,10-11,18H,6-9H2,1H3,(H,19,20). The monoisotopic (exact) mass is 397 g/mol. The van der Waals surface area contributed by atoms with Gasteiger partial charge in [0.2, 0.25) is 10.0 Å². The number of thiophene rings is 1. The first kappa shape index (κ1) is 18.8. The number of fused-ring (bicyclic) bond motifs is 1. The van der Waals surface area contributed by atoms with Gasteiger partial charge >= 0.3 is 11.9 Å². The Morgan fingerprint density at radius 1 is 1.19 bits per heavy atom. The molecule has 0 radical (unpaired) electrons. The molecule has 1 aliphatic carbocycles. The molecular formula is C17H19NO6S2. The van der Waals surface area contributed by atoms with Crippen LogP contribution in [-0.2, 0) is 19.6 Å². The van der Waals surface area contributed by atoms with Gasteiger partial charge in [-0.05, 0) is 31.7 Å². The fourth-order valence-corrected chi connectivity index (χ4v) is 6.37. The molecule has 0 aliphatic heterocycles. The molecule has 0 bridgehead atoms. The lowest BCUT2D eigenvalue weighted by molar-refractivity contribution is -0.142. The van der Waals surface area contributed by atoms with Crippen LogP contribution in [0.25, 0.3) is 10.1 Å². The zero-order valence-electron chi connectivity index (χ0n) is 14.1. The first-order chi connectivity index (χ1) is 12.3. The van der Waals surface area contributed by atoms with Gasteiger partial charge in [0, 0.05) is 16.1 Å². The van der Waals surface area contributed by atoms with Crippen molar-refractivity contribution in [2.24, 2.45) is 5.92 Å². The Kier molecular flexibility index (Phi) is 5.31. The number of carbonyl (C=O) groups excluding carboxylic acids is 1. The summed E-state index contributed by atoms with van der Waals surface area (Å²) in [6, 6.07) is 6.56. The van der Waals surface area contributed by atoms with E-state index in [2.05, 4.69) is 4.72 Å². The number of rotatable bonds is 5. The number of nitrogens with one attached hydrogen (secondary N) is 1. The van der Waals surface area contributed by atoms with E-state index in [1.54, 1.807) is 24.3 Å². The Morgan fingerprint density at radius 2 is 1.85 bits per heavy atom. The highest BCUT2D eigenvalue weighted by Gasteiger charge is 2.33. The summed E-state index contributed by atoms with van der Waals surface area (Å²) < 4.78 is 34.1. The van der Waals surface area contributed by atoms with E-state index >= 15 is 0 Å². The van der Waals surface area contributed by atoms with E-state index in [1.165, 1.54) is 7.11 Å². The van der Waals surface area contributed by atoms with E-state index < -0.39 is 27.9 Å². The minimum Gasteiger partial charge on any atom is -0.481 e. The number of carbonyl (C=O) groups is 2. The van der Waals surface area contributed by atoms with E-state index in [-0.39, 0.29) is 15.8 Å². The molecule has 1 saturated carbocycles. The van der Waals surface area contributed by atoms with Crippen LogP contribution >= 0.6 is 11.3 Å². The molecular weight excluding hydrogens is 378 g/mol. The number of carboxylic acids is 1. The fraction of sp³-hybridized carbons (Fsp3) is 0.412. The molecule has 2 aromatic rings. The number of aliphatic carboxylic acids is 1. The number of methoxy groups -OCH3 is 1. The van der Waals surface area contributed by atoms with Crippen molar-refractivity contribution in [2.45, 2.75) is 36.6 Å². The number of carboxylic acid groups (broad SMARTS) is 1. The maximum absolute atomic E-state index is 13.0. The van der Waals surface area contributed by atoms with Crippen molar-refractivity contribution in [2.75, 3.05) is 7.11 Å². The van der Waals surface area contributed by atoms with E-state index in [0.717, 1.165) is 11.3 Å². The van der Waals surface area contributed by atoms with Crippen LogP contribution in [0.5, 0.6) is 0 Å². The van der Waals surface area contributed by atoms with E-state index in [0.29, 0.717) is 35.8 Å². The van der Waals surface area contributed by atoms with E-state index in [1.807, 2.05) is 0 Å². The van der Waals surface area contributed by atoms with Crippen molar-refractivity contribution in [1.82, 2.24) is 4.72 Å². The number of hydrogen-bond donors (Lipinski definition) is 2. The highest BCUT2D eigenvalue weighted by molar-refractivity contribution is 7.90. The van der Waals surface area contributed by atoms with Crippen molar-refractivity contribution < 1.29 is 27.9 Å². The van der Waals surface area contributed by atoms with Crippen LogP contribution in [-0.4, -0.2) is 38.6 Å². The molecule has 0 spiro atoms. The van der Waals surface area contributed by atoms with Crippen molar-refractivity contribution >= 4 is 43.4 Å². The van der Waals surface area contributed by atoms with Crippen LogP contribution in [0.1, 0.15) is 35.4 Å². The topological polar surface area (TPSA) is 110 Å². The maximum Gasteiger partial charge on any atom is 0.349 e. The number of ether oxygens (including phenoxy) is 1. The van der Waals surface area contributed by atoms with Gasteiger partial charge in [-0.15, -0.1) is 11.3 Å². The summed E-state index contributed by atoms with van der Waals surface area (Å²) in [5.74, 6) is -1.97. The van der Waals surface area contributed by atoms with Crippen LogP contribution < -0.4 is 4.72 Å². The smallest absolute Gasteiger partial charge is 0.349 e. The summed E-state index contributed by atoms with van der Waals surface area (Å²) in [7, 11) is -2.74. The molecule has 1 aliphatic rings. The Hall–Kier alpha value is -1.97. The molecule has 0 unspecified atom stereocenters. The predicted octanol–water partition coefficient (Wildman–Crippen LogP) is 2.61. The van der Waals surface area contributed by atoms with Crippen LogP contribution in [0, 0.1) is 5.92 Å². The first-order valence-electron chi connectivity index (χ1n) is 8.18. The zero-order valence-corrected chi connectivity index (χ0v) is 15.7. The van der Waals surface area contributed by atoms with E-state index in [4.69, 9.17) is 9.84 Å². The predicted molar refractivity (Wildman–Crippen MR) is 96.9 cm³/mol. The quantitative estimate of drug-likeness (QED) is 0.751. The minimum atomic E-state index is -3.95. The molecule has 0 amide bonds. The zero-order chi connectivity index (χ0) is 18.9. The SMILES string of the molecule is COC(=O)c1sc2ccccc2c1S(=O)(=O)NC1CCC(C(=O)O)CC1. The van der Waals surface area contributed by atoms with Gasteiger partial charge in [-0.25, -0.2) is 17.9 Å². The third-order valence-electron chi connectivity index (χ3n) is 4.59. The molecule has 3 rings (SSSR count). The largest absolute Gasteiger partial charge is 0.481 e.